The van der Waals surface area contributed by atoms with Gasteiger partial charge in [-0.05, 0) is 30.3 Å². The van der Waals surface area contributed by atoms with Crippen molar-refractivity contribution in [3.63, 3.8) is 0 Å². The summed E-state index contributed by atoms with van der Waals surface area (Å²) in [5, 5.41) is 0.180. The molecule has 0 amide bonds. The van der Waals surface area contributed by atoms with Crippen LogP contribution in [0.25, 0.3) is 0 Å². The highest BCUT2D eigenvalue weighted by molar-refractivity contribution is 6.74. The molecule has 0 saturated heterocycles. The van der Waals surface area contributed by atoms with Gasteiger partial charge in [-0.3, -0.25) is 4.57 Å². The summed E-state index contributed by atoms with van der Waals surface area (Å²) in [5.74, 6) is 0.938. The third-order valence-corrected chi connectivity index (χ3v) is 9.17. The van der Waals surface area contributed by atoms with E-state index in [0.29, 0.717) is 6.61 Å². The molecule has 118 valence electrons. The van der Waals surface area contributed by atoms with Gasteiger partial charge in [-0.2, -0.15) is 0 Å². The molecule has 3 nitrogen and oxygen atoms in total. The molecule has 0 radical (unpaired) electrons. The maximum absolute atomic E-state index is 6.52. The molecule has 0 N–H and O–H groups in total. The number of benzene rings is 1. The Hall–Kier alpha value is -1.52. The molecule has 1 aliphatic heterocycles. The second-order valence-electron chi connectivity index (χ2n) is 7.47. The van der Waals surface area contributed by atoms with E-state index in [-0.39, 0.29) is 11.3 Å². The van der Waals surface area contributed by atoms with Gasteiger partial charge in [0.05, 0.1) is 6.61 Å². The average molecular weight is 315 g/mol. The van der Waals surface area contributed by atoms with Gasteiger partial charge in [0.25, 0.3) is 8.32 Å². The predicted molar refractivity (Wildman–Crippen MR) is 91.6 cm³/mol. The average Bonchev–Trinajstić information content (AvgIpc) is 3.01. The summed E-state index contributed by atoms with van der Waals surface area (Å²) in [6.07, 6.45) is -0.0778. The van der Waals surface area contributed by atoms with Crippen LogP contribution >= 0.6 is 0 Å². The fourth-order valence-electron chi connectivity index (χ4n) is 2.45. The van der Waals surface area contributed by atoms with Gasteiger partial charge in [-0.1, -0.05) is 51.1 Å². The largest absolute Gasteiger partial charge is 0.532 e. The molecule has 0 aliphatic carbocycles. The highest BCUT2D eigenvalue weighted by Crippen LogP contribution is 2.41. The first-order chi connectivity index (χ1) is 10.3. The summed E-state index contributed by atoms with van der Waals surface area (Å²) in [7, 11) is -1.86. The number of fused-ring (bicyclic) bond motifs is 1. The number of ether oxygens (including phenoxy) is 1. The Bertz CT molecular complexity index is 655. The summed E-state index contributed by atoms with van der Waals surface area (Å²) in [6, 6.07) is 14.6. The van der Waals surface area contributed by atoms with Crippen molar-refractivity contribution in [2.75, 3.05) is 0 Å². The lowest BCUT2D eigenvalue weighted by molar-refractivity contribution is 0.0602. The first kappa shape index (κ1) is 15.4. The highest BCUT2D eigenvalue weighted by atomic mass is 28.4. The van der Waals surface area contributed by atoms with E-state index in [1.165, 1.54) is 5.69 Å². The van der Waals surface area contributed by atoms with Crippen molar-refractivity contribution in [3.05, 3.63) is 53.7 Å². The zero-order chi connectivity index (χ0) is 16.0. The maximum atomic E-state index is 6.52. The Labute approximate surface area is 134 Å². The molecule has 1 aromatic carbocycles. The number of rotatable bonds is 3. The Morgan fingerprint density at radius 2 is 1.77 bits per heavy atom. The molecule has 2 heterocycles. The molecular formula is C18H25NO2Si. The highest BCUT2D eigenvalue weighted by Gasteiger charge is 2.40. The molecule has 0 bridgehead atoms. The monoisotopic (exact) mass is 315 g/mol. The van der Waals surface area contributed by atoms with Crippen LogP contribution in [0.15, 0.2) is 42.5 Å². The molecule has 1 aromatic heterocycles. The van der Waals surface area contributed by atoms with Gasteiger partial charge in [0.15, 0.2) is 12.1 Å². The van der Waals surface area contributed by atoms with Crippen LogP contribution in [0.1, 0.15) is 38.3 Å². The lowest BCUT2D eigenvalue weighted by Gasteiger charge is -2.36. The minimum Gasteiger partial charge on any atom is -0.532 e. The maximum Gasteiger partial charge on any atom is 0.252 e. The smallest absolute Gasteiger partial charge is 0.252 e. The quantitative estimate of drug-likeness (QED) is 0.748. The van der Waals surface area contributed by atoms with Crippen molar-refractivity contribution in [2.45, 2.75) is 51.7 Å². The van der Waals surface area contributed by atoms with Crippen molar-refractivity contribution < 1.29 is 9.16 Å². The minimum atomic E-state index is -1.86. The molecule has 0 spiro atoms. The zero-order valence-electron chi connectivity index (χ0n) is 14.1. The molecular weight excluding hydrogens is 290 g/mol. The SMILES string of the molecule is CC(C)(C)[Si](C)(C)Oc1ccc2n1[C@@H](c1ccccc1)OC2. The van der Waals surface area contributed by atoms with Crippen LogP contribution in [0.2, 0.25) is 18.1 Å². The van der Waals surface area contributed by atoms with E-state index in [0.717, 1.165) is 11.4 Å². The van der Waals surface area contributed by atoms with Gasteiger partial charge < -0.3 is 9.16 Å². The third-order valence-electron chi connectivity index (χ3n) is 4.84. The Kier molecular flexibility index (Phi) is 3.69. The predicted octanol–water partition coefficient (Wildman–Crippen LogP) is 4.95. The van der Waals surface area contributed by atoms with Crippen molar-refractivity contribution in [2.24, 2.45) is 0 Å². The molecule has 0 saturated carbocycles. The summed E-state index contributed by atoms with van der Waals surface area (Å²) >= 11 is 0. The number of aromatic nitrogens is 1. The van der Waals surface area contributed by atoms with E-state index in [9.17, 15) is 0 Å². The van der Waals surface area contributed by atoms with Crippen molar-refractivity contribution in [3.8, 4) is 5.88 Å². The van der Waals surface area contributed by atoms with E-state index >= 15 is 0 Å². The first-order valence-electron chi connectivity index (χ1n) is 7.85. The summed E-state index contributed by atoms with van der Waals surface area (Å²) < 4.78 is 14.7. The number of hydrogen-bond acceptors (Lipinski definition) is 2. The lowest BCUT2D eigenvalue weighted by atomic mass is 10.2. The first-order valence-corrected chi connectivity index (χ1v) is 10.8. The van der Waals surface area contributed by atoms with Crippen molar-refractivity contribution >= 4 is 8.32 Å². The number of nitrogens with zero attached hydrogens (tertiary/aromatic N) is 1. The summed E-state index contributed by atoms with van der Waals surface area (Å²) in [5.41, 5.74) is 2.35. The van der Waals surface area contributed by atoms with E-state index in [2.05, 4.69) is 74.8 Å². The standard InChI is InChI=1S/C18H25NO2Si/c1-18(2,3)22(4,5)21-16-12-11-15-13-20-17(19(15)16)14-9-7-6-8-10-14/h6-12,17H,13H2,1-5H3/t17-/m1/s1. The fraction of sp³-hybridized carbons (Fsp3) is 0.444. The molecule has 4 heteroatoms. The van der Waals surface area contributed by atoms with E-state index in [1.807, 2.05) is 6.07 Å². The van der Waals surface area contributed by atoms with Gasteiger partial charge in [0, 0.05) is 11.3 Å². The van der Waals surface area contributed by atoms with Gasteiger partial charge in [0.2, 0.25) is 0 Å². The van der Waals surface area contributed by atoms with Crippen LogP contribution in [-0.4, -0.2) is 12.9 Å². The van der Waals surface area contributed by atoms with Crippen LogP contribution in [0.3, 0.4) is 0 Å². The fourth-order valence-corrected chi connectivity index (χ4v) is 3.45. The topological polar surface area (TPSA) is 23.4 Å². The second-order valence-corrected chi connectivity index (χ2v) is 12.2. The van der Waals surface area contributed by atoms with Gasteiger partial charge in [-0.25, -0.2) is 0 Å². The Morgan fingerprint density at radius 1 is 1.09 bits per heavy atom. The van der Waals surface area contributed by atoms with E-state index < -0.39 is 8.32 Å². The third kappa shape index (κ3) is 2.61. The van der Waals surface area contributed by atoms with E-state index in [4.69, 9.17) is 9.16 Å². The Balaban J connectivity index is 1.94. The second kappa shape index (κ2) is 5.28. The van der Waals surface area contributed by atoms with E-state index in [1.54, 1.807) is 0 Å². The Morgan fingerprint density at radius 3 is 2.41 bits per heavy atom. The van der Waals surface area contributed by atoms with Crippen LogP contribution in [0.4, 0.5) is 0 Å². The molecule has 0 fully saturated rings. The molecule has 3 rings (SSSR count). The molecule has 1 atom stereocenters. The van der Waals surface area contributed by atoms with Crippen LogP contribution in [0, 0.1) is 0 Å². The van der Waals surface area contributed by atoms with Crippen molar-refractivity contribution in [1.29, 1.82) is 0 Å². The van der Waals surface area contributed by atoms with Crippen molar-refractivity contribution in [1.82, 2.24) is 4.57 Å². The van der Waals surface area contributed by atoms with Gasteiger partial charge in [0.1, 0.15) is 0 Å². The molecule has 1 aliphatic rings. The minimum absolute atomic E-state index is 0.0778. The van der Waals surface area contributed by atoms with Crippen LogP contribution < -0.4 is 4.43 Å². The molecule has 22 heavy (non-hydrogen) atoms. The summed E-state index contributed by atoms with van der Waals surface area (Å²) in [6.45, 7) is 12.0. The number of hydrogen-bond donors (Lipinski definition) is 0. The summed E-state index contributed by atoms with van der Waals surface area (Å²) in [4.78, 5) is 0. The zero-order valence-corrected chi connectivity index (χ0v) is 15.1. The lowest BCUT2D eigenvalue weighted by Crippen LogP contribution is -2.44. The van der Waals surface area contributed by atoms with Crippen LogP contribution in [-0.2, 0) is 11.3 Å². The van der Waals surface area contributed by atoms with Crippen LogP contribution in [0.5, 0.6) is 5.88 Å². The molecule has 2 aromatic rings. The molecule has 0 unspecified atom stereocenters. The van der Waals surface area contributed by atoms with Gasteiger partial charge in [-0.15, -0.1) is 0 Å². The van der Waals surface area contributed by atoms with Gasteiger partial charge >= 0.3 is 0 Å². The normalized spacial score (nSPS) is 18.3.